The number of aryl methyl sites for hydroxylation is 2. The Balaban J connectivity index is 1.91. The molecular formula is C16H20FN5. The number of aromatic amines is 1. The van der Waals surface area contributed by atoms with Gasteiger partial charge in [-0.2, -0.15) is 0 Å². The van der Waals surface area contributed by atoms with Gasteiger partial charge in [0.2, 0.25) is 0 Å². The van der Waals surface area contributed by atoms with Gasteiger partial charge in [-0.15, -0.1) is 0 Å². The number of aromatic nitrogens is 3. The number of nitrogens with zero attached hydrogens (tertiary/aromatic N) is 2. The van der Waals surface area contributed by atoms with Gasteiger partial charge in [-0.3, -0.25) is 0 Å². The molecule has 0 aliphatic heterocycles. The van der Waals surface area contributed by atoms with Gasteiger partial charge in [0.25, 0.3) is 0 Å². The molecule has 0 fully saturated rings. The van der Waals surface area contributed by atoms with Crippen molar-refractivity contribution in [3.63, 3.8) is 0 Å². The molecular weight excluding hydrogens is 281 g/mol. The Hall–Kier alpha value is -2.21. The number of rotatable bonds is 6. The summed E-state index contributed by atoms with van der Waals surface area (Å²) in [5.74, 6) is 0.882. The summed E-state index contributed by atoms with van der Waals surface area (Å²) in [6.07, 6.45) is 8.43. The van der Waals surface area contributed by atoms with Gasteiger partial charge in [0.05, 0.1) is 11.1 Å². The Kier molecular flexibility index (Phi) is 4.20. The number of H-pyrrole nitrogens is 1. The largest absolute Gasteiger partial charge is 0.366 e. The molecule has 22 heavy (non-hydrogen) atoms. The lowest BCUT2D eigenvalue weighted by molar-refractivity contribution is 0.613. The fraction of sp³-hybridized carbons (Fsp3) is 0.375. The standard InChI is InChI=1S/C16H20FN5/c1-10-20-15(19-9-11-5-2-3-6-11)13-14(17)12(7-4-8-18)22-16(13)21-10/h2-3,5H,4,6-9,18H2,1H3,(H2,19,20,21,22). The summed E-state index contributed by atoms with van der Waals surface area (Å²) in [6.45, 7) is 2.99. The highest BCUT2D eigenvalue weighted by Crippen LogP contribution is 2.27. The van der Waals surface area contributed by atoms with Crippen LogP contribution >= 0.6 is 0 Å². The molecule has 0 amide bonds. The van der Waals surface area contributed by atoms with Crippen molar-refractivity contribution in [2.24, 2.45) is 5.73 Å². The molecule has 2 aromatic heterocycles. The zero-order chi connectivity index (χ0) is 15.5. The van der Waals surface area contributed by atoms with Crippen molar-refractivity contribution in [1.29, 1.82) is 0 Å². The van der Waals surface area contributed by atoms with Crippen LogP contribution in [0.5, 0.6) is 0 Å². The second-order valence-electron chi connectivity index (χ2n) is 5.46. The molecule has 2 heterocycles. The van der Waals surface area contributed by atoms with Crippen molar-refractivity contribution in [2.75, 3.05) is 18.4 Å². The first kappa shape index (κ1) is 14.7. The number of hydrogen-bond acceptors (Lipinski definition) is 4. The summed E-state index contributed by atoms with van der Waals surface area (Å²) in [4.78, 5) is 11.7. The fourth-order valence-corrected chi connectivity index (χ4v) is 2.62. The molecule has 1 aliphatic carbocycles. The van der Waals surface area contributed by atoms with Gasteiger partial charge in [0.1, 0.15) is 17.3 Å². The second kappa shape index (κ2) is 6.27. The van der Waals surface area contributed by atoms with Crippen molar-refractivity contribution in [3.8, 4) is 0 Å². The monoisotopic (exact) mass is 301 g/mol. The van der Waals surface area contributed by atoms with Crippen molar-refractivity contribution in [3.05, 3.63) is 41.1 Å². The molecule has 0 radical (unpaired) electrons. The van der Waals surface area contributed by atoms with Crippen LogP contribution in [-0.4, -0.2) is 28.0 Å². The predicted octanol–water partition coefficient (Wildman–Crippen LogP) is 2.59. The quantitative estimate of drug-likeness (QED) is 0.766. The Morgan fingerprint density at radius 2 is 2.27 bits per heavy atom. The topological polar surface area (TPSA) is 79.6 Å². The maximum absolute atomic E-state index is 14.6. The average molecular weight is 301 g/mol. The van der Waals surface area contributed by atoms with Crippen LogP contribution in [0.25, 0.3) is 11.0 Å². The van der Waals surface area contributed by atoms with E-state index in [9.17, 15) is 4.39 Å². The van der Waals surface area contributed by atoms with E-state index in [0.717, 1.165) is 12.8 Å². The lowest BCUT2D eigenvalue weighted by Gasteiger charge is -2.08. The lowest BCUT2D eigenvalue weighted by atomic mass is 10.2. The van der Waals surface area contributed by atoms with Crippen molar-refractivity contribution < 1.29 is 4.39 Å². The van der Waals surface area contributed by atoms with Crippen LogP contribution < -0.4 is 11.1 Å². The number of anilines is 1. The Bertz CT molecular complexity index is 745. The van der Waals surface area contributed by atoms with E-state index in [1.807, 2.05) is 6.08 Å². The third-order valence-corrected chi connectivity index (χ3v) is 3.74. The number of hydrogen-bond donors (Lipinski definition) is 3. The van der Waals surface area contributed by atoms with Crippen LogP contribution in [0.4, 0.5) is 10.2 Å². The van der Waals surface area contributed by atoms with E-state index in [-0.39, 0.29) is 5.82 Å². The molecule has 0 saturated heterocycles. The molecule has 0 bridgehead atoms. The van der Waals surface area contributed by atoms with Gasteiger partial charge in [-0.05, 0) is 38.3 Å². The Morgan fingerprint density at radius 3 is 3.00 bits per heavy atom. The molecule has 6 heteroatoms. The van der Waals surface area contributed by atoms with Crippen LogP contribution in [0.15, 0.2) is 23.8 Å². The number of nitrogens with two attached hydrogens (primary N) is 1. The first-order valence-electron chi connectivity index (χ1n) is 7.52. The third kappa shape index (κ3) is 2.87. The van der Waals surface area contributed by atoms with Crippen LogP contribution in [0.3, 0.4) is 0 Å². The zero-order valence-corrected chi connectivity index (χ0v) is 12.6. The van der Waals surface area contributed by atoms with Crippen LogP contribution in [0.2, 0.25) is 0 Å². The van der Waals surface area contributed by atoms with Gasteiger partial charge in [0, 0.05) is 6.54 Å². The van der Waals surface area contributed by atoms with Crippen LogP contribution in [0.1, 0.15) is 24.4 Å². The summed E-state index contributed by atoms with van der Waals surface area (Å²) >= 11 is 0. The highest BCUT2D eigenvalue weighted by molar-refractivity contribution is 5.88. The highest BCUT2D eigenvalue weighted by atomic mass is 19.1. The van der Waals surface area contributed by atoms with Gasteiger partial charge >= 0.3 is 0 Å². The predicted molar refractivity (Wildman–Crippen MR) is 86.3 cm³/mol. The molecule has 0 spiro atoms. The minimum absolute atomic E-state index is 0.274. The average Bonchev–Trinajstić information content (AvgIpc) is 3.11. The number of halogens is 1. The smallest absolute Gasteiger partial charge is 0.157 e. The molecule has 0 aromatic carbocycles. The zero-order valence-electron chi connectivity index (χ0n) is 12.6. The molecule has 3 rings (SSSR count). The van der Waals surface area contributed by atoms with Gasteiger partial charge in [-0.1, -0.05) is 18.2 Å². The van der Waals surface area contributed by atoms with Gasteiger partial charge in [0.15, 0.2) is 5.82 Å². The summed E-state index contributed by atoms with van der Waals surface area (Å²) in [5, 5.41) is 3.67. The van der Waals surface area contributed by atoms with Crippen molar-refractivity contribution >= 4 is 16.9 Å². The fourth-order valence-electron chi connectivity index (χ4n) is 2.62. The lowest BCUT2D eigenvalue weighted by Crippen LogP contribution is -2.07. The van der Waals surface area contributed by atoms with E-state index in [1.165, 1.54) is 5.57 Å². The number of nitrogens with one attached hydrogen (secondary N) is 2. The number of allylic oxidation sites excluding steroid dienone is 3. The molecule has 5 nitrogen and oxygen atoms in total. The third-order valence-electron chi connectivity index (χ3n) is 3.74. The molecule has 0 atom stereocenters. The summed E-state index contributed by atoms with van der Waals surface area (Å²) < 4.78 is 14.6. The highest BCUT2D eigenvalue weighted by Gasteiger charge is 2.17. The summed E-state index contributed by atoms with van der Waals surface area (Å²) in [7, 11) is 0. The van der Waals surface area contributed by atoms with Crippen molar-refractivity contribution in [1.82, 2.24) is 15.0 Å². The SMILES string of the molecule is Cc1nc(NCC2=CC=CC2)c2c(F)c(CCCN)[nH]c2n1. The van der Waals surface area contributed by atoms with E-state index in [1.54, 1.807) is 6.92 Å². The molecule has 116 valence electrons. The second-order valence-corrected chi connectivity index (χ2v) is 5.46. The minimum Gasteiger partial charge on any atom is -0.366 e. The summed E-state index contributed by atoms with van der Waals surface area (Å²) in [5.41, 5.74) is 7.84. The van der Waals surface area contributed by atoms with E-state index < -0.39 is 0 Å². The molecule has 2 aromatic rings. The molecule has 0 unspecified atom stereocenters. The van der Waals surface area contributed by atoms with Gasteiger partial charge in [-0.25, -0.2) is 14.4 Å². The molecule has 1 aliphatic rings. The Morgan fingerprint density at radius 1 is 1.41 bits per heavy atom. The first-order valence-corrected chi connectivity index (χ1v) is 7.52. The van der Waals surface area contributed by atoms with Crippen LogP contribution in [-0.2, 0) is 6.42 Å². The Labute approximate surface area is 128 Å². The maximum atomic E-state index is 14.6. The van der Waals surface area contributed by atoms with E-state index >= 15 is 0 Å². The van der Waals surface area contributed by atoms with E-state index in [4.69, 9.17) is 5.73 Å². The number of fused-ring (bicyclic) bond motifs is 1. The maximum Gasteiger partial charge on any atom is 0.157 e. The van der Waals surface area contributed by atoms with Crippen LogP contribution in [0, 0.1) is 12.7 Å². The first-order chi connectivity index (χ1) is 10.7. The molecule has 0 saturated carbocycles. The summed E-state index contributed by atoms with van der Waals surface area (Å²) in [6, 6.07) is 0. The van der Waals surface area contributed by atoms with Crippen molar-refractivity contribution in [2.45, 2.75) is 26.2 Å². The van der Waals surface area contributed by atoms with E-state index in [0.29, 0.717) is 47.9 Å². The molecule has 4 N–H and O–H groups in total. The van der Waals surface area contributed by atoms with Gasteiger partial charge < -0.3 is 16.0 Å². The minimum atomic E-state index is -0.274. The normalized spacial score (nSPS) is 13.9. The van der Waals surface area contributed by atoms with E-state index in [2.05, 4.69) is 32.4 Å².